The summed E-state index contributed by atoms with van der Waals surface area (Å²) in [5.74, 6) is 5.35. The first-order valence-corrected chi connectivity index (χ1v) is 6.87. The van der Waals surface area contributed by atoms with Crippen LogP contribution in [-0.2, 0) is 0 Å². The predicted molar refractivity (Wildman–Crippen MR) is 77.4 cm³/mol. The van der Waals surface area contributed by atoms with Crippen LogP contribution in [0.5, 0.6) is 0 Å². The molecule has 0 heterocycles. The Labute approximate surface area is 122 Å². The van der Waals surface area contributed by atoms with Crippen LogP contribution in [0.2, 0.25) is 0 Å². The van der Waals surface area contributed by atoms with E-state index in [4.69, 9.17) is 5.84 Å². The first-order valence-electron chi connectivity index (χ1n) is 5.28. The van der Waals surface area contributed by atoms with E-state index in [-0.39, 0.29) is 11.9 Å². The van der Waals surface area contributed by atoms with Gasteiger partial charge < -0.3 is 0 Å². The number of hydrogen-bond donors (Lipinski definition) is 2. The molecule has 0 aromatic heterocycles. The van der Waals surface area contributed by atoms with E-state index < -0.39 is 0 Å². The van der Waals surface area contributed by atoms with E-state index >= 15 is 0 Å². The van der Waals surface area contributed by atoms with Gasteiger partial charge in [0.15, 0.2) is 0 Å². The monoisotopic (exact) mass is 372 g/mol. The Bertz CT molecular complexity index is 543. The molecule has 18 heavy (non-hydrogen) atoms. The van der Waals surface area contributed by atoms with E-state index in [0.29, 0.717) is 0 Å². The maximum absolute atomic E-state index is 12.9. The summed E-state index contributed by atoms with van der Waals surface area (Å²) in [6, 6.07) is 11.9. The predicted octanol–water partition coefficient (Wildman–Crippen LogP) is 3.90. The Hall–Kier alpha value is -0.750. The van der Waals surface area contributed by atoms with Crippen molar-refractivity contribution in [1.82, 2.24) is 5.43 Å². The average Bonchev–Trinajstić information content (AvgIpc) is 2.35. The maximum atomic E-state index is 12.9. The summed E-state index contributed by atoms with van der Waals surface area (Å²) in [4.78, 5) is 0. The minimum absolute atomic E-state index is 0.187. The highest BCUT2D eigenvalue weighted by molar-refractivity contribution is 9.11. The van der Waals surface area contributed by atoms with Crippen molar-refractivity contribution in [3.63, 3.8) is 0 Å². The summed E-state index contributed by atoms with van der Waals surface area (Å²) in [6.45, 7) is 0. The number of hydrazine groups is 1. The van der Waals surface area contributed by atoms with Gasteiger partial charge in [0.05, 0.1) is 6.04 Å². The van der Waals surface area contributed by atoms with E-state index in [1.54, 1.807) is 12.1 Å². The lowest BCUT2D eigenvalue weighted by Gasteiger charge is -2.18. The third-order valence-electron chi connectivity index (χ3n) is 2.64. The second-order valence-electron chi connectivity index (χ2n) is 3.82. The number of benzene rings is 2. The van der Waals surface area contributed by atoms with Gasteiger partial charge in [-0.15, -0.1) is 0 Å². The molecule has 0 saturated heterocycles. The van der Waals surface area contributed by atoms with Crippen molar-refractivity contribution in [3.8, 4) is 0 Å². The van der Waals surface area contributed by atoms with Crippen molar-refractivity contribution in [3.05, 3.63) is 68.4 Å². The van der Waals surface area contributed by atoms with Crippen LogP contribution < -0.4 is 11.3 Å². The van der Waals surface area contributed by atoms with Crippen molar-refractivity contribution in [2.45, 2.75) is 6.04 Å². The van der Waals surface area contributed by atoms with Crippen molar-refractivity contribution >= 4 is 31.9 Å². The lowest BCUT2D eigenvalue weighted by molar-refractivity contribution is 0.614. The standard InChI is InChI=1S/C13H11Br2FN2/c14-9-3-6-11(12(15)7-9)13(18-17)8-1-4-10(16)5-2-8/h1-7,13,18H,17H2. The Morgan fingerprint density at radius 3 is 2.28 bits per heavy atom. The molecule has 0 aliphatic heterocycles. The Kier molecular flexibility index (Phi) is 4.50. The number of hydrogen-bond acceptors (Lipinski definition) is 2. The summed E-state index contributed by atoms with van der Waals surface area (Å²) in [5.41, 5.74) is 4.64. The van der Waals surface area contributed by atoms with E-state index in [9.17, 15) is 4.39 Å². The van der Waals surface area contributed by atoms with E-state index in [1.807, 2.05) is 18.2 Å². The van der Waals surface area contributed by atoms with Gasteiger partial charge in [-0.2, -0.15) is 0 Å². The van der Waals surface area contributed by atoms with Crippen molar-refractivity contribution in [1.29, 1.82) is 0 Å². The van der Waals surface area contributed by atoms with Crippen LogP contribution >= 0.6 is 31.9 Å². The van der Waals surface area contributed by atoms with E-state index in [1.165, 1.54) is 12.1 Å². The molecule has 1 unspecified atom stereocenters. The summed E-state index contributed by atoms with van der Waals surface area (Å²) < 4.78 is 14.8. The molecule has 1 atom stereocenters. The fourth-order valence-corrected chi connectivity index (χ4v) is 3.03. The van der Waals surface area contributed by atoms with Gasteiger partial charge in [0, 0.05) is 8.95 Å². The highest BCUT2D eigenvalue weighted by atomic mass is 79.9. The Morgan fingerprint density at radius 1 is 1.06 bits per heavy atom. The Balaban J connectivity index is 2.41. The molecule has 94 valence electrons. The van der Waals surface area contributed by atoms with E-state index in [0.717, 1.165) is 20.1 Å². The highest BCUT2D eigenvalue weighted by Crippen LogP contribution is 2.30. The first-order chi connectivity index (χ1) is 8.61. The van der Waals surface area contributed by atoms with Crippen LogP contribution in [0.4, 0.5) is 4.39 Å². The smallest absolute Gasteiger partial charge is 0.123 e. The molecular formula is C13H11Br2FN2. The molecule has 0 spiro atoms. The van der Waals surface area contributed by atoms with Gasteiger partial charge in [-0.3, -0.25) is 5.84 Å². The highest BCUT2D eigenvalue weighted by Gasteiger charge is 2.15. The molecular weight excluding hydrogens is 363 g/mol. The summed E-state index contributed by atoms with van der Waals surface area (Å²) in [5, 5.41) is 0. The molecule has 0 fully saturated rings. The molecule has 3 N–H and O–H groups in total. The molecule has 0 aliphatic rings. The maximum Gasteiger partial charge on any atom is 0.123 e. The molecule has 0 bridgehead atoms. The normalized spacial score (nSPS) is 12.4. The van der Waals surface area contributed by atoms with Crippen LogP contribution in [0.25, 0.3) is 0 Å². The molecule has 2 aromatic rings. The zero-order valence-electron chi connectivity index (χ0n) is 9.33. The van der Waals surface area contributed by atoms with Crippen LogP contribution in [-0.4, -0.2) is 0 Å². The fraction of sp³-hybridized carbons (Fsp3) is 0.0769. The third kappa shape index (κ3) is 2.98. The van der Waals surface area contributed by atoms with Gasteiger partial charge in [0.2, 0.25) is 0 Å². The number of nitrogens with two attached hydrogens (primary N) is 1. The molecule has 0 saturated carbocycles. The average molecular weight is 374 g/mol. The van der Waals surface area contributed by atoms with Gasteiger partial charge >= 0.3 is 0 Å². The molecule has 5 heteroatoms. The summed E-state index contributed by atoms with van der Waals surface area (Å²) in [7, 11) is 0. The second-order valence-corrected chi connectivity index (χ2v) is 5.59. The lowest BCUT2D eigenvalue weighted by Crippen LogP contribution is -2.29. The van der Waals surface area contributed by atoms with Crippen LogP contribution in [0.15, 0.2) is 51.4 Å². The second kappa shape index (κ2) is 5.93. The lowest BCUT2D eigenvalue weighted by atomic mass is 9.99. The fourth-order valence-electron chi connectivity index (χ4n) is 1.76. The number of halogens is 3. The quantitative estimate of drug-likeness (QED) is 0.632. The van der Waals surface area contributed by atoms with Gasteiger partial charge in [-0.25, -0.2) is 9.82 Å². The minimum atomic E-state index is -0.260. The number of rotatable bonds is 3. The van der Waals surface area contributed by atoms with Crippen LogP contribution in [0, 0.1) is 5.82 Å². The van der Waals surface area contributed by atoms with Crippen molar-refractivity contribution < 1.29 is 4.39 Å². The topological polar surface area (TPSA) is 38.0 Å². The zero-order valence-corrected chi connectivity index (χ0v) is 12.5. The van der Waals surface area contributed by atoms with Crippen LogP contribution in [0.3, 0.4) is 0 Å². The van der Waals surface area contributed by atoms with Gasteiger partial charge in [0.25, 0.3) is 0 Å². The van der Waals surface area contributed by atoms with E-state index in [2.05, 4.69) is 37.3 Å². The molecule has 0 aliphatic carbocycles. The van der Waals surface area contributed by atoms with Crippen molar-refractivity contribution in [2.24, 2.45) is 5.84 Å². The van der Waals surface area contributed by atoms with Gasteiger partial charge in [-0.05, 0) is 35.4 Å². The summed E-state index contributed by atoms with van der Waals surface area (Å²) >= 11 is 6.90. The molecule has 2 nitrogen and oxygen atoms in total. The molecule has 2 aromatic carbocycles. The van der Waals surface area contributed by atoms with Crippen molar-refractivity contribution in [2.75, 3.05) is 0 Å². The SMILES string of the molecule is NNC(c1ccc(F)cc1)c1ccc(Br)cc1Br. The summed E-state index contributed by atoms with van der Waals surface area (Å²) in [6.07, 6.45) is 0. The number of nitrogens with one attached hydrogen (secondary N) is 1. The Morgan fingerprint density at radius 2 is 1.72 bits per heavy atom. The minimum Gasteiger partial charge on any atom is -0.271 e. The third-order valence-corrected chi connectivity index (χ3v) is 3.82. The first kappa shape index (κ1) is 13.7. The largest absolute Gasteiger partial charge is 0.271 e. The zero-order chi connectivity index (χ0) is 13.1. The molecule has 2 rings (SSSR count). The van der Waals surface area contributed by atoms with Gasteiger partial charge in [0.1, 0.15) is 5.82 Å². The molecule has 0 amide bonds. The van der Waals surface area contributed by atoms with Gasteiger partial charge in [-0.1, -0.05) is 50.1 Å². The van der Waals surface area contributed by atoms with Crippen LogP contribution in [0.1, 0.15) is 17.2 Å². The molecule has 0 radical (unpaired) electrons.